The number of H-pyrrole nitrogens is 1. The average Bonchev–Trinajstić information content (AvgIpc) is 3.42. The highest BCUT2D eigenvalue weighted by atomic mass is 16.5. The maximum atomic E-state index is 14.1. The van der Waals surface area contributed by atoms with Crippen LogP contribution in [0.25, 0.3) is 0 Å². The second-order valence-corrected chi connectivity index (χ2v) is 7.73. The van der Waals surface area contributed by atoms with Crippen molar-refractivity contribution >= 4 is 17.4 Å². The number of allylic oxidation sites excluding steroid dienone is 1. The van der Waals surface area contributed by atoms with Gasteiger partial charge in [-0.15, -0.1) is 0 Å². The zero-order chi connectivity index (χ0) is 21.8. The summed E-state index contributed by atoms with van der Waals surface area (Å²) in [4.78, 5) is 32.2. The Morgan fingerprint density at radius 2 is 1.77 bits per heavy atom. The number of ether oxygens (including phenoxy) is 1. The Morgan fingerprint density at radius 3 is 2.45 bits per heavy atom. The lowest BCUT2D eigenvalue weighted by molar-refractivity contribution is -0.140. The van der Waals surface area contributed by atoms with E-state index >= 15 is 0 Å². The molecule has 1 aliphatic heterocycles. The highest BCUT2D eigenvalue weighted by molar-refractivity contribution is 6.19. The van der Waals surface area contributed by atoms with E-state index in [0.717, 1.165) is 0 Å². The molecule has 0 saturated heterocycles. The van der Waals surface area contributed by atoms with Crippen molar-refractivity contribution in [3.63, 3.8) is 0 Å². The van der Waals surface area contributed by atoms with Gasteiger partial charge in [0.25, 0.3) is 0 Å². The van der Waals surface area contributed by atoms with Crippen molar-refractivity contribution in [2.75, 3.05) is 11.5 Å². The van der Waals surface area contributed by atoms with E-state index in [4.69, 9.17) is 4.74 Å². The van der Waals surface area contributed by atoms with Crippen LogP contribution in [-0.4, -0.2) is 28.4 Å². The van der Waals surface area contributed by atoms with Gasteiger partial charge in [-0.25, -0.2) is 4.79 Å². The predicted molar refractivity (Wildman–Crippen MR) is 115 cm³/mol. The van der Waals surface area contributed by atoms with Crippen LogP contribution in [0.1, 0.15) is 35.5 Å². The largest absolute Gasteiger partial charge is 0.463 e. The molecule has 3 aromatic rings. The van der Waals surface area contributed by atoms with E-state index in [1.54, 1.807) is 61.3 Å². The van der Waals surface area contributed by atoms with Crippen LogP contribution in [0.3, 0.4) is 0 Å². The minimum absolute atomic E-state index is 0.143. The zero-order valence-electron chi connectivity index (χ0n) is 17.3. The quantitative estimate of drug-likeness (QED) is 0.637. The Kier molecular flexibility index (Phi) is 4.17. The molecule has 0 amide bonds. The van der Waals surface area contributed by atoms with Gasteiger partial charge in [0.05, 0.1) is 12.2 Å². The fourth-order valence-electron chi connectivity index (χ4n) is 5.22. The Bertz CT molecular complexity index is 1220. The molecular formula is C25H22N2O4. The van der Waals surface area contributed by atoms with Crippen LogP contribution in [0.4, 0.5) is 5.69 Å². The molecule has 6 heteroatoms. The maximum Gasteiger partial charge on any atom is 0.337 e. The van der Waals surface area contributed by atoms with Crippen molar-refractivity contribution in [2.24, 2.45) is 0 Å². The average molecular weight is 414 g/mol. The first-order valence-electron chi connectivity index (χ1n) is 10.2. The van der Waals surface area contributed by atoms with E-state index in [2.05, 4.69) is 4.98 Å². The molecule has 2 heterocycles. The Balaban J connectivity index is 1.93. The fourth-order valence-corrected chi connectivity index (χ4v) is 5.22. The molecule has 0 saturated carbocycles. The smallest absolute Gasteiger partial charge is 0.337 e. The molecule has 0 bridgehead atoms. The normalized spacial score (nSPS) is 24.4. The number of aromatic nitrogens is 1. The van der Waals surface area contributed by atoms with Crippen molar-refractivity contribution in [1.82, 2.24) is 4.98 Å². The van der Waals surface area contributed by atoms with E-state index < -0.39 is 17.1 Å². The number of esters is 1. The standard InChI is InChI=1S/C25H22N2O4/c1-3-31-23(29)21-16(2)27(17-10-5-4-6-11-17)25(30)19-13-8-7-12-18(19)22(28)24(21,25)20-14-9-15-26-20/h4-15,26,30H,3H2,1-2H3. The molecule has 156 valence electrons. The van der Waals surface area contributed by atoms with Crippen LogP contribution in [0.15, 0.2) is 84.2 Å². The number of aromatic amines is 1. The Hall–Kier alpha value is -3.64. The molecule has 1 aliphatic carbocycles. The predicted octanol–water partition coefficient (Wildman–Crippen LogP) is 3.65. The number of Topliss-reactive ketones (excluding diaryl/α,β-unsaturated/α-hetero) is 1. The monoisotopic (exact) mass is 414 g/mol. The van der Waals surface area contributed by atoms with Gasteiger partial charge < -0.3 is 19.7 Å². The van der Waals surface area contributed by atoms with Crippen LogP contribution in [0, 0.1) is 0 Å². The number of carbonyl (C=O) groups is 2. The highest BCUT2D eigenvalue weighted by Gasteiger charge is 2.74. The fraction of sp³-hybridized carbons (Fsp3) is 0.200. The van der Waals surface area contributed by atoms with E-state index in [-0.39, 0.29) is 18.0 Å². The summed E-state index contributed by atoms with van der Waals surface area (Å²) in [5, 5.41) is 12.6. The lowest BCUT2D eigenvalue weighted by Crippen LogP contribution is -2.56. The molecule has 5 rings (SSSR count). The van der Waals surface area contributed by atoms with Crippen LogP contribution in [0.5, 0.6) is 0 Å². The summed E-state index contributed by atoms with van der Waals surface area (Å²) in [5.41, 5.74) is -0.967. The number of nitrogens with one attached hydrogen (secondary N) is 1. The van der Waals surface area contributed by atoms with Crippen molar-refractivity contribution < 1.29 is 19.4 Å². The minimum Gasteiger partial charge on any atom is -0.463 e. The van der Waals surface area contributed by atoms with Gasteiger partial charge in [0.1, 0.15) is 0 Å². The first-order valence-corrected chi connectivity index (χ1v) is 10.2. The van der Waals surface area contributed by atoms with Gasteiger partial charge in [-0.05, 0) is 38.1 Å². The number of anilines is 1. The number of para-hydroxylation sites is 1. The third kappa shape index (κ3) is 2.20. The molecule has 2 unspecified atom stereocenters. The van der Waals surface area contributed by atoms with Gasteiger partial charge in [-0.3, -0.25) is 4.79 Å². The van der Waals surface area contributed by atoms with Gasteiger partial charge in [0.2, 0.25) is 0 Å². The molecule has 31 heavy (non-hydrogen) atoms. The summed E-state index contributed by atoms with van der Waals surface area (Å²) in [7, 11) is 0. The molecule has 0 spiro atoms. The van der Waals surface area contributed by atoms with E-state index in [1.165, 1.54) is 0 Å². The molecule has 2 aromatic carbocycles. The summed E-state index contributed by atoms with van der Waals surface area (Å²) in [5.74, 6) is -0.957. The topological polar surface area (TPSA) is 82.6 Å². The first-order chi connectivity index (χ1) is 15.0. The summed E-state index contributed by atoms with van der Waals surface area (Å²) in [6.45, 7) is 3.62. The number of rotatable bonds is 4. The summed E-state index contributed by atoms with van der Waals surface area (Å²) < 4.78 is 5.40. The number of carbonyl (C=O) groups excluding carboxylic acids is 2. The van der Waals surface area contributed by atoms with Gasteiger partial charge in [-0.2, -0.15) is 0 Å². The van der Waals surface area contributed by atoms with E-state index in [0.29, 0.717) is 28.2 Å². The van der Waals surface area contributed by atoms with Gasteiger partial charge in [0, 0.05) is 34.4 Å². The minimum atomic E-state index is -1.85. The summed E-state index contributed by atoms with van der Waals surface area (Å²) >= 11 is 0. The molecule has 1 aromatic heterocycles. The molecule has 0 radical (unpaired) electrons. The first kappa shape index (κ1) is 19.3. The maximum absolute atomic E-state index is 14.1. The lowest BCUT2D eigenvalue weighted by Gasteiger charge is -2.42. The van der Waals surface area contributed by atoms with Crippen molar-refractivity contribution in [3.05, 3.63) is 101 Å². The third-order valence-corrected chi connectivity index (χ3v) is 6.30. The van der Waals surface area contributed by atoms with Crippen LogP contribution in [-0.2, 0) is 20.7 Å². The molecule has 2 atom stereocenters. The zero-order valence-corrected chi connectivity index (χ0v) is 17.3. The van der Waals surface area contributed by atoms with Gasteiger partial charge in [0.15, 0.2) is 16.9 Å². The number of hydrogen-bond acceptors (Lipinski definition) is 5. The SMILES string of the molecule is CCOC(=O)C1=C(C)N(c2ccccc2)C2(O)c3ccccc3C(=O)C12c1ccc[nH]1. The van der Waals surface area contributed by atoms with Gasteiger partial charge >= 0.3 is 5.97 Å². The Morgan fingerprint density at radius 1 is 1.06 bits per heavy atom. The second kappa shape index (κ2) is 6.68. The third-order valence-electron chi connectivity index (χ3n) is 6.30. The molecule has 6 nitrogen and oxygen atoms in total. The molecule has 0 fully saturated rings. The van der Waals surface area contributed by atoms with Crippen LogP contribution >= 0.6 is 0 Å². The molecular weight excluding hydrogens is 392 g/mol. The number of aliphatic hydroxyl groups is 1. The number of benzene rings is 2. The summed E-state index contributed by atoms with van der Waals surface area (Å²) in [6, 6.07) is 19.8. The van der Waals surface area contributed by atoms with E-state index in [9.17, 15) is 14.7 Å². The van der Waals surface area contributed by atoms with E-state index in [1.807, 2.05) is 30.3 Å². The van der Waals surface area contributed by atoms with Gasteiger partial charge in [-0.1, -0.05) is 42.5 Å². The number of fused-ring (bicyclic) bond motifs is 3. The molecule has 2 aliphatic rings. The lowest BCUT2D eigenvalue weighted by atomic mass is 9.70. The highest BCUT2D eigenvalue weighted by Crippen LogP contribution is 2.63. The van der Waals surface area contributed by atoms with Crippen molar-refractivity contribution in [2.45, 2.75) is 25.0 Å². The summed E-state index contributed by atoms with van der Waals surface area (Å²) in [6.07, 6.45) is 1.68. The Labute approximate surface area is 179 Å². The van der Waals surface area contributed by atoms with Crippen molar-refractivity contribution in [1.29, 1.82) is 0 Å². The number of nitrogens with zero attached hydrogens (tertiary/aromatic N) is 1. The molecule has 2 N–H and O–H groups in total. The second-order valence-electron chi connectivity index (χ2n) is 7.73. The van der Waals surface area contributed by atoms with Crippen LogP contribution < -0.4 is 4.90 Å². The number of ketones is 1. The van der Waals surface area contributed by atoms with Crippen molar-refractivity contribution in [3.8, 4) is 0 Å². The number of hydrogen-bond donors (Lipinski definition) is 2. The van der Waals surface area contributed by atoms with Crippen LogP contribution in [0.2, 0.25) is 0 Å².